The van der Waals surface area contributed by atoms with E-state index in [2.05, 4.69) is 22.1 Å². The lowest BCUT2D eigenvalue weighted by Crippen LogP contribution is -2.11. The molecule has 0 saturated heterocycles. The van der Waals surface area contributed by atoms with E-state index in [0.29, 0.717) is 0 Å². The zero-order valence-corrected chi connectivity index (χ0v) is 10.9. The summed E-state index contributed by atoms with van der Waals surface area (Å²) in [5.74, 6) is 0.911. The van der Waals surface area contributed by atoms with Crippen LogP contribution in [0, 0.1) is 6.92 Å². The van der Waals surface area contributed by atoms with E-state index < -0.39 is 0 Å². The zero-order valence-electron chi connectivity index (χ0n) is 10.9. The van der Waals surface area contributed by atoms with Gasteiger partial charge < -0.3 is 4.90 Å². The van der Waals surface area contributed by atoms with E-state index in [4.69, 9.17) is 0 Å². The first kappa shape index (κ1) is 13.2. The second kappa shape index (κ2) is 6.63. The van der Waals surface area contributed by atoms with Crippen molar-refractivity contribution in [3.63, 3.8) is 0 Å². The number of rotatable bonds is 2. The minimum Gasteiger partial charge on any atom is -0.329 e. The SMILES string of the molecule is CC.Cc1cc(N(C)c2ccccc2)ncn1. The Morgan fingerprint density at radius 1 is 1.00 bits per heavy atom. The summed E-state index contributed by atoms with van der Waals surface area (Å²) in [6, 6.07) is 12.1. The molecule has 0 aliphatic rings. The Morgan fingerprint density at radius 2 is 1.65 bits per heavy atom. The third kappa shape index (κ3) is 3.55. The van der Waals surface area contributed by atoms with Crippen LogP contribution in [-0.4, -0.2) is 17.0 Å². The number of nitrogens with zero attached hydrogens (tertiary/aromatic N) is 3. The summed E-state index contributed by atoms with van der Waals surface area (Å²) in [4.78, 5) is 10.3. The first-order chi connectivity index (χ1) is 8.27. The van der Waals surface area contributed by atoms with Gasteiger partial charge in [0.25, 0.3) is 0 Å². The van der Waals surface area contributed by atoms with Gasteiger partial charge in [-0.15, -0.1) is 0 Å². The molecule has 0 fully saturated rings. The molecule has 0 aliphatic carbocycles. The molecule has 2 rings (SSSR count). The highest BCUT2D eigenvalue weighted by Crippen LogP contribution is 2.20. The van der Waals surface area contributed by atoms with Gasteiger partial charge in [-0.25, -0.2) is 9.97 Å². The van der Waals surface area contributed by atoms with Crippen LogP contribution in [0.5, 0.6) is 0 Å². The summed E-state index contributed by atoms with van der Waals surface area (Å²) in [6.07, 6.45) is 1.59. The molecule has 0 atom stereocenters. The van der Waals surface area contributed by atoms with Crippen molar-refractivity contribution in [1.82, 2.24) is 9.97 Å². The van der Waals surface area contributed by atoms with Crippen molar-refractivity contribution in [3.05, 3.63) is 48.4 Å². The molecule has 0 amide bonds. The Hall–Kier alpha value is -1.90. The molecule has 0 spiro atoms. The van der Waals surface area contributed by atoms with Crippen LogP contribution < -0.4 is 4.90 Å². The van der Waals surface area contributed by atoms with E-state index in [-0.39, 0.29) is 0 Å². The highest BCUT2D eigenvalue weighted by molar-refractivity contribution is 5.58. The Labute approximate surface area is 103 Å². The van der Waals surface area contributed by atoms with Crippen molar-refractivity contribution in [3.8, 4) is 0 Å². The monoisotopic (exact) mass is 229 g/mol. The van der Waals surface area contributed by atoms with Crippen molar-refractivity contribution >= 4 is 11.5 Å². The van der Waals surface area contributed by atoms with Gasteiger partial charge in [-0.05, 0) is 19.1 Å². The van der Waals surface area contributed by atoms with Crippen LogP contribution in [0.3, 0.4) is 0 Å². The molecule has 0 aliphatic heterocycles. The van der Waals surface area contributed by atoms with Gasteiger partial charge in [-0.3, -0.25) is 0 Å². The summed E-state index contributed by atoms with van der Waals surface area (Å²) >= 11 is 0. The molecule has 0 saturated carbocycles. The van der Waals surface area contributed by atoms with Crippen molar-refractivity contribution in [2.24, 2.45) is 0 Å². The normalized spacial score (nSPS) is 9.18. The van der Waals surface area contributed by atoms with Crippen LogP contribution in [0.25, 0.3) is 0 Å². The molecule has 3 nitrogen and oxygen atoms in total. The van der Waals surface area contributed by atoms with Crippen LogP contribution in [0.4, 0.5) is 11.5 Å². The lowest BCUT2D eigenvalue weighted by atomic mass is 10.3. The fourth-order valence-electron chi connectivity index (χ4n) is 1.41. The molecule has 1 aromatic carbocycles. The fourth-order valence-corrected chi connectivity index (χ4v) is 1.41. The van der Waals surface area contributed by atoms with Crippen LogP contribution in [0.2, 0.25) is 0 Å². The molecule has 0 unspecified atom stereocenters. The fraction of sp³-hybridized carbons (Fsp3) is 0.286. The van der Waals surface area contributed by atoms with Gasteiger partial charge in [0.1, 0.15) is 12.1 Å². The van der Waals surface area contributed by atoms with Gasteiger partial charge in [0.15, 0.2) is 0 Å². The topological polar surface area (TPSA) is 29.0 Å². The number of hydrogen-bond donors (Lipinski definition) is 0. The van der Waals surface area contributed by atoms with Crippen molar-refractivity contribution in [2.45, 2.75) is 20.8 Å². The Bertz CT molecular complexity index is 440. The first-order valence-corrected chi connectivity index (χ1v) is 5.85. The van der Waals surface area contributed by atoms with Gasteiger partial charge in [0.05, 0.1) is 0 Å². The minimum atomic E-state index is 0.911. The maximum atomic E-state index is 4.23. The first-order valence-electron chi connectivity index (χ1n) is 5.85. The lowest BCUT2D eigenvalue weighted by molar-refractivity contribution is 1.05. The molecular formula is C14H19N3. The molecule has 1 heterocycles. The number of aromatic nitrogens is 2. The molecule has 0 bridgehead atoms. The van der Waals surface area contributed by atoms with E-state index in [1.54, 1.807) is 6.33 Å². The smallest absolute Gasteiger partial charge is 0.136 e. The van der Waals surface area contributed by atoms with Crippen molar-refractivity contribution in [1.29, 1.82) is 0 Å². The number of anilines is 2. The third-order valence-corrected chi connectivity index (χ3v) is 2.28. The van der Waals surface area contributed by atoms with E-state index in [9.17, 15) is 0 Å². The molecule has 3 heteroatoms. The van der Waals surface area contributed by atoms with Crippen molar-refractivity contribution < 1.29 is 0 Å². The summed E-state index contributed by atoms with van der Waals surface area (Å²) in [6.45, 7) is 5.96. The Morgan fingerprint density at radius 3 is 2.24 bits per heavy atom. The standard InChI is InChI=1S/C12H13N3.C2H6/c1-10-8-12(14-9-13-10)15(2)11-6-4-3-5-7-11;1-2/h3-9H,1-2H3;1-2H3. The van der Waals surface area contributed by atoms with Crippen LogP contribution >= 0.6 is 0 Å². The zero-order chi connectivity index (χ0) is 12.7. The number of hydrogen-bond acceptors (Lipinski definition) is 3. The molecule has 0 radical (unpaired) electrons. The molecule has 0 N–H and O–H groups in total. The molecule has 2 aromatic rings. The summed E-state index contributed by atoms with van der Waals surface area (Å²) in [5, 5.41) is 0. The van der Waals surface area contributed by atoms with Crippen LogP contribution in [-0.2, 0) is 0 Å². The van der Waals surface area contributed by atoms with E-state index >= 15 is 0 Å². The number of aryl methyl sites for hydroxylation is 1. The summed E-state index contributed by atoms with van der Waals surface area (Å²) in [7, 11) is 2.00. The molecule has 90 valence electrons. The second-order valence-corrected chi connectivity index (χ2v) is 3.41. The second-order valence-electron chi connectivity index (χ2n) is 3.41. The highest BCUT2D eigenvalue weighted by atomic mass is 15.2. The van der Waals surface area contributed by atoms with E-state index in [0.717, 1.165) is 17.2 Å². The largest absolute Gasteiger partial charge is 0.329 e. The molecule has 1 aromatic heterocycles. The highest BCUT2D eigenvalue weighted by Gasteiger charge is 2.04. The van der Waals surface area contributed by atoms with Gasteiger partial charge in [-0.1, -0.05) is 32.0 Å². The average molecular weight is 229 g/mol. The Kier molecular flexibility index (Phi) is 5.14. The van der Waals surface area contributed by atoms with Gasteiger partial charge in [0.2, 0.25) is 0 Å². The Balaban J connectivity index is 0.000000686. The molecule has 17 heavy (non-hydrogen) atoms. The van der Waals surface area contributed by atoms with Gasteiger partial charge in [-0.2, -0.15) is 0 Å². The predicted octanol–water partition coefficient (Wildman–Crippen LogP) is 3.58. The number of para-hydroxylation sites is 1. The van der Waals surface area contributed by atoms with Crippen LogP contribution in [0.1, 0.15) is 19.5 Å². The predicted molar refractivity (Wildman–Crippen MR) is 72.6 cm³/mol. The quantitative estimate of drug-likeness (QED) is 0.788. The van der Waals surface area contributed by atoms with E-state index in [1.807, 2.05) is 57.0 Å². The summed E-state index contributed by atoms with van der Waals surface area (Å²) in [5.41, 5.74) is 2.10. The summed E-state index contributed by atoms with van der Waals surface area (Å²) < 4.78 is 0. The van der Waals surface area contributed by atoms with E-state index in [1.165, 1.54) is 0 Å². The minimum absolute atomic E-state index is 0.911. The maximum Gasteiger partial charge on any atom is 0.136 e. The van der Waals surface area contributed by atoms with Crippen molar-refractivity contribution in [2.75, 3.05) is 11.9 Å². The van der Waals surface area contributed by atoms with Gasteiger partial charge >= 0.3 is 0 Å². The lowest BCUT2D eigenvalue weighted by Gasteiger charge is -2.17. The maximum absolute atomic E-state index is 4.23. The number of benzene rings is 1. The average Bonchev–Trinajstić information content (AvgIpc) is 2.41. The van der Waals surface area contributed by atoms with Crippen LogP contribution in [0.15, 0.2) is 42.7 Å². The van der Waals surface area contributed by atoms with Gasteiger partial charge in [0, 0.05) is 24.5 Å². The molecular weight excluding hydrogens is 210 g/mol. The third-order valence-electron chi connectivity index (χ3n) is 2.28.